The zero-order valence-electron chi connectivity index (χ0n) is 15.1. The number of nitrogens with zero attached hydrogens (tertiary/aromatic N) is 2. The van der Waals surface area contributed by atoms with Gasteiger partial charge in [0.15, 0.2) is 5.78 Å². The van der Waals surface area contributed by atoms with Crippen LogP contribution < -0.4 is 5.32 Å². The second-order valence-electron chi connectivity index (χ2n) is 6.06. The van der Waals surface area contributed by atoms with Crippen LogP contribution in [0.1, 0.15) is 28.4 Å². The molecule has 0 aromatic heterocycles. The Morgan fingerprint density at radius 2 is 2.00 bits per heavy atom. The van der Waals surface area contributed by atoms with Crippen LogP contribution in [-0.2, 0) is 0 Å². The molecule has 0 radical (unpaired) electrons. The summed E-state index contributed by atoms with van der Waals surface area (Å²) in [6.07, 6.45) is 1.79. The number of anilines is 1. The van der Waals surface area contributed by atoms with Crippen molar-refractivity contribution < 1.29 is 9.18 Å². The van der Waals surface area contributed by atoms with E-state index in [1.165, 1.54) is 12.1 Å². The molecular weight excluding hydrogens is 317 g/mol. The SMILES string of the molecule is CCN(C)C=Nc1cc(C)c(C(=O)CNc2cccc(F)c2)cc1C. The molecule has 5 heteroatoms. The minimum absolute atomic E-state index is 0.0360. The Morgan fingerprint density at radius 1 is 1.24 bits per heavy atom. The molecule has 2 aromatic rings. The Morgan fingerprint density at radius 3 is 2.68 bits per heavy atom. The van der Waals surface area contributed by atoms with Crippen LogP contribution in [-0.4, -0.2) is 37.2 Å². The fraction of sp³-hybridized carbons (Fsp3) is 0.300. The molecule has 0 aliphatic rings. The van der Waals surface area contributed by atoms with Gasteiger partial charge in [0, 0.05) is 24.8 Å². The topological polar surface area (TPSA) is 44.7 Å². The molecule has 0 saturated carbocycles. The first-order chi connectivity index (χ1) is 11.9. The van der Waals surface area contributed by atoms with Crippen LogP contribution in [0.4, 0.5) is 15.8 Å². The van der Waals surface area contributed by atoms with Crippen LogP contribution in [0, 0.1) is 19.7 Å². The summed E-state index contributed by atoms with van der Waals surface area (Å²) in [5.41, 5.74) is 3.92. The fourth-order valence-electron chi connectivity index (χ4n) is 2.36. The lowest BCUT2D eigenvalue weighted by Gasteiger charge is -2.12. The Labute approximate surface area is 148 Å². The number of rotatable bonds is 7. The molecular formula is C20H24FN3O. The third-order valence-corrected chi connectivity index (χ3v) is 4.01. The van der Waals surface area contributed by atoms with Crippen molar-refractivity contribution in [1.82, 2.24) is 4.90 Å². The van der Waals surface area contributed by atoms with Crippen molar-refractivity contribution in [2.75, 3.05) is 25.5 Å². The summed E-state index contributed by atoms with van der Waals surface area (Å²) in [5.74, 6) is -0.366. The summed E-state index contributed by atoms with van der Waals surface area (Å²) >= 11 is 0. The molecule has 0 saturated heterocycles. The number of hydrogen-bond acceptors (Lipinski definition) is 3. The number of aryl methyl sites for hydroxylation is 2. The lowest BCUT2D eigenvalue weighted by atomic mass is 10.0. The Hall–Kier alpha value is -2.69. The smallest absolute Gasteiger partial charge is 0.182 e. The standard InChI is InChI=1S/C20H24FN3O/c1-5-24(4)13-23-19-10-14(2)18(9-15(19)3)20(25)12-22-17-8-6-7-16(21)11-17/h6-11,13,22H,5,12H2,1-4H3. The van der Waals surface area contributed by atoms with Gasteiger partial charge in [-0.2, -0.15) is 0 Å². The fourth-order valence-corrected chi connectivity index (χ4v) is 2.36. The molecule has 2 rings (SSSR count). The first kappa shape index (κ1) is 18.6. The molecule has 0 amide bonds. The minimum atomic E-state index is -0.330. The molecule has 132 valence electrons. The van der Waals surface area contributed by atoms with Gasteiger partial charge in [0.25, 0.3) is 0 Å². The predicted molar refractivity (Wildman–Crippen MR) is 102 cm³/mol. The highest BCUT2D eigenvalue weighted by Crippen LogP contribution is 2.23. The number of benzene rings is 2. The van der Waals surface area contributed by atoms with E-state index >= 15 is 0 Å². The average molecular weight is 341 g/mol. The van der Waals surface area contributed by atoms with Gasteiger partial charge in [-0.15, -0.1) is 0 Å². The maximum atomic E-state index is 13.2. The van der Waals surface area contributed by atoms with E-state index in [1.807, 2.05) is 37.9 Å². The van der Waals surface area contributed by atoms with Gasteiger partial charge in [0.05, 0.1) is 18.6 Å². The molecule has 0 atom stereocenters. The first-order valence-electron chi connectivity index (χ1n) is 8.29. The number of halogens is 1. The molecule has 1 N–H and O–H groups in total. The number of carbonyl (C=O) groups is 1. The average Bonchev–Trinajstić information content (AvgIpc) is 2.59. The van der Waals surface area contributed by atoms with E-state index in [0.717, 1.165) is 23.4 Å². The number of aliphatic imine (C=N–C) groups is 1. The predicted octanol–water partition coefficient (Wildman–Crippen LogP) is 4.35. The van der Waals surface area contributed by atoms with Gasteiger partial charge in [0.1, 0.15) is 5.82 Å². The molecule has 4 nitrogen and oxygen atoms in total. The number of hydrogen-bond donors (Lipinski definition) is 1. The van der Waals surface area contributed by atoms with Crippen LogP contribution in [0.25, 0.3) is 0 Å². The Kier molecular flexibility index (Phi) is 6.28. The van der Waals surface area contributed by atoms with Gasteiger partial charge in [-0.3, -0.25) is 4.79 Å². The number of ketones is 1. The summed E-state index contributed by atoms with van der Waals surface area (Å²) in [7, 11) is 1.96. The van der Waals surface area contributed by atoms with Gasteiger partial charge in [-0.1, -0.05) is 6.07 Å². The molecule has 0 fully saturated rings. The van der Waals surface area contributed by atoms with Crippen molar-refractivity contribution in [3.63, 3.8) is 0 Å². The van der Waals surface area contributed by atoms with Crippen LogP contribution in [0.2, 0.25) is 0 Å². The Balaban J connectivity index is 2.12. The number of carbonyl (C=O) groups excluding carboxylic acids is 1. The van der Waals surface area contributed by atoms with E-state index in [9.17, 15) is 9.18 Å². The van der Waals surface area contributed by atoms with Gasteiger partial charge < -0.3 is 10.2 Å². The summed E-state index contributed by atoms with van der Waals surface area (Å²) in [5, 5.41) is 2.97. The van der Waals surface area contributed by atoms with Crippen molar-refractivity contribution in [2.24, 2.45) is 4.99 Å². The van der Waals surface area contributed by atoms with Crippen molar-refractivity contribution >= 4 is 23.5 Å². The molecule has 0 aliphatic heterocycles. The third kappa shape index (κ3) is 5.14. The normalized spacial score (nSPS) is 10.9. The van der Waals surface area contributed by atoms with Crippen molar-refractivity contribution in [1.29, 1.82) is 0 Å². The molecule has 0 unspecified atom stereocenters. The summed E-state index contributed by atoms with van der Waals surface area (Å²) in [6, 6.07) is 9.87. The minimum Gasteiger partial charge on any atom is -0.377 e. The zero-order chi connectivity index (χ0) is 18.4. The number of Topliss-reactive ketones (excluding diaryl/α,β-unsaturated/α-hetero) is 1. The second kappa shape index (κ2) is 8.42. The van der Waals surface area contributed by atoms with Crippen LogP contribution in [0.5, 0.6) is 0 Å². The van der Waals surface area contributed by atoms with E-state index in [2.05, 4.69) is 17.2 Å². The number of nitrogens with one attached hydrogen (secondary N) is 1. The van der Waals surface area contributed by atoms with E-state index < -0.39 is 0 Å². The van der Waals surface area contributed by atoms with Crippen molar-refractivity contribution in [3.8, 4) is 0 Å². The first-order valence-corrected chi connectivity index (χ1v) is 8.29. The van der Waals surface area contributed by atoms with E-state index in [0.29, 0.717) is 11.3 Å². The zero-order valence-corrected chi connectivity index (χ0v) is 15.1. The van der Waals surface area contributed by atoms with E-state index in [4.69, 9.17) is 0 Å². The lowest BCUT2D eigenvalue weighted by Crippen LogP contribution is -2.15. The highest BCUT2D eigenvalue weighted by molar-refractivity contribution is 6.00. The van der Waals surface area contributed by atoms with E-state index in [-0.39, 0.29) is 18.1 Å². The molecule has 2 aromatic carbocycles. The second-order valence-corrected chi connectivity index (χ2v) is 6.06. The van der Waals surface area contributed by atoms with Crippen LogP contribution in [0.15, 0.2) is 41.4 Å². The maximum Gasteiger partial charge on any atom is 0.182 e. The van der Waals surface area contributed by atoms with Gasteiger partial charge in [-0.25, -0.2) is 9.38 Å². The van der Waals surface area contributed by atoms with Crippen LogP contribution >= 0.6 is 0 Å². The maximum absolute atomic E-state index is 13.2. The molecule has 0 aliphatic carbocycles. The molecule has 0 heterocycles. The lowest BCUT2D eigenvalue weighted by molar-refractivity contribution is 0.101. The third-order valence-electron chi connectivity index (χ3n) is 4.01. The van der Waals surface area contributed by atoms with Gasteiger partial charge >= 0.3 is 0 Å². The van der Waals surface area contributed by atoms with Crippen molar-refractivity contribution in [3.05, 3.63) is 58.9 Å². The highest BCUT2D eigenvalue weighted by Gasteiger charge is 2.12. The highest BCUT2D eigenvalue weighted by atomic mass is 19.1. The quantitative estimate of drug-likeness (QED) is 0.463. The monoisotopic (exact) mass is 341 g/mol. The van der Waals surface area contributed by atoms with E-state index in [1.54, 1.807) is 18.5 Å². The summed E-state index contributed by atoms with van der Waals surface area (Å²) < 4.78 is 13.2. The van der Waals surface area contributed by atoms with Gasteiger partial charge in [0.2, 0.25) is 0 Å². The molecule has 0 bridgehead atoms. The largest absolute Gasteiger partial charge is 0.377 e. The van der Waals surface area contributed by atoms with Crippen LogP contribution in [0.3, 0.4) is 0 Å². The Bertz CT molecular complexity index is 787. The molecule has 25 heavy (non-hydrogen) atoms. The van der Waals surface area contributed by atoms with Gasteiger partial charge in [-0.05, 0) is 62.2 Å². The summed E-state index contributed by atoms with van der Waals surface area (Å²) in [6.45, 7) is 6.89. The molecule has 0 spiro atoms. The summed E-state index contributed by atoms with van der Waals surface area (Å²) in [4.78, 5) is 19.0. The van der Waals surface area contributed by atoms with Crippen molar-refractivity contribution in [2.45, 2.75) is 20.8 Å².